The fraction of sp³-hybridized carbons (Fsp3) is 0.556. The van der Waals surface area contributed by atoms with Crippen molar-refractivity contribution in [2.24, 2.45) is 5.41 Å². The van der Waals surface area contributed by atoms with Crippen LogP contribution in [0.5, 0.6) is 17.2 Å². The number of methoxy groups -OCH3 is 4. The highest BCUT2D eigenvalue weighted by atomic mass is 32.2. The van der Waals surface area contributed by atoms with E-state index in [1.807, 2.05) is 18.4 Å². The lowest BCUT2D eigenvalue weighted by Crippen LogP contribution is -2.46. The molecule has 11 nitrogen and oxygen atoms in total. The second kappa shape index (κ2) is 16.9. The molecule has 2 aliphatic rings. The van der Waals surface area contributed by atoms with Crippen molar-refractivity contribution in [3.05, 3.63) is 45.6 Å². The van der Waals surface area contributed by atoms with Crippen LogP contribution in [0.1, 0.15) is 75.5 Å². The molecule has 0 saturated heterocycles. The highest BCUT2D eigenvalue weighted by Gasteiger charge is 2.36. The molecule has 1 fully saturated rings. The lowest BCUT2D eigenvalue weighted by molar-refractivity contribution is -0.144. The molecule has 2 amide bonds. The second-order valence-corrected chi connectivity index (χ2v) is 13.6. The van der Waals surface area contributed by atoms with E-state index in [0.717, 1.165) is 43.2 Å². The van der Waals surface area contributed by atoms with Crippen molar-refractivity contribution >= 4 is 35.2 Å². The van der Waals surface area contributed by atoms with Gasteiger partial charge < -0.3 is 34.9 Å². The number of esters is 1. The third kappa shape index (κ3) is 8.56. The number of carbonyl (C=O) groups is 3. The van der Waals surface area contributed by atoms with E-state index in [-0.39, 0.29) is 40.7 Å². The molecule has 1 saturated carbocycles. The summed E-state index contributed by atoms with van der Waals surface area (Å²) < 4.78 is 22.2. The standard InChI is InChI=1S/C36H49N3O8S/c1-22(40)38-26-12-10-23-18-30(44-2)33(46-4)34(47-5)32(23)24-11-13-27(29(41)19-25(24)26)39-28(14-17-48-6)35(43)37-21-36(20-31(42)45-3)15-8-7-9-16-36/h11,13,18-19,26,28H,7-10,12,14-17,20-21H2,1-6H3,(H,37,43)(H,38,40)(H,39,41)/t26-,28-/m1/s1. The molecule has 12 heteroatoms. The van der Waals surface area contributed by atoms with Gasteiger partial charge in [-0.15, -0.1) is 0 Å². The lowest BCUT2D eigenvalue weighted by Gasteiger charge is -2.37. The number of thioether (sulfide) groups is 1. The number of amides is 2. The van der Waals surface area contributed by atoms with Crippen LogP contribution >= 0.6 is 11.8 Å². The van der Waals surface area contributed by atoms with Gasteiger partial charge in [0.15, 0.2) is 11.5 Å². The number of nitrogens with one attached hydrogen (secondary N) is 3. The molecule has 4 rings (SSSR count). The van der Waals surface area contributed by atoms with Crippen molar-refractivity contribution in [2.45, 2.75) is 76.8 Å². The van der Waals surface area contributed by atoms with Crippen molar-refractivity contribution in [2.75, 3.05) is 52.3 Å². The van der Waals surface area contributed by atoms with E-state index in [1.54, 1.807) is 45.2 Å². The molecule has 2 aromatic carbocycles. The maximum absolute atomic E-state index is 13.9. The molecule has 0 aliphatic heterocycles. The largest absolute Gasteiger partial charge is 0.493 e. The monoisotopic (exact) mass is 683 g/mol. The normalized spacial score (nSPS) is 17.0. The Balaban J connectivity index is 1.74. The number of carbonyl (C=O) groups excluding carboxylic acids is 3. The van der Waals surface area contributed by atoms with Crippen LogP contribution in [0, 0.1) is 5.41 Å². The van der Waals surface area contributed by atoms with Crippen LogP contribution in [0.15, 0.2) is 29.1 Å². The molecule has 3 N–H and O–H groups in total. The molecule has 0 unspecified atom stereocenters. The quantitative estimate of drug-likeness (QED) is 0.232. The van der Waals surface area contributed by atoms with Crippen LogP contribution < -0.4 is 35.6 Å². The molecule has 0 spiro atoms. The van der Waals surface area contributed by atoms with E-state index in [9.17, 15) is 19.2 Å². The van der Waals surface area contributed by atoms with Crippen molar-refractivity contribution < 1.29 is 33.3 Å². The Kier molecular flexibility index (Phi) is 13.0. The van der Waals surface area contributed by atoms with Crippen molar-refractivity contribution in [1.82, 2.24) is 10.6 Å². The van der Waals surface area contributed by atoms with E-state index in [0.29, 0.717) is 59.9 Å². The summed E-state index contributed by atoms with van der Waals surface area (Å²) in [6.07, 6.45) is 8.62. The Morgan fingerprint density at radius 1 is 1.00 bits per heavy atom. The Hall–Kier alpha value is -3.93. The third-order valence-electron chi connectivity index (χ3n) is 9.47. The molecule has 48 heavy (non-hydrogen) atoms. The average Bonchev–Trinajstić information content (AvgIpc) is 3.32. The maximum Gasteiger partial charge on any atom is 0.306 e. The third-order valence-corrected chi connectivity index (χ3v) is 10.1. The molecular weight excluding hydrogens is 634 g/mol. The van der Waals surface area contributed by atoms with E-state index in [2.05, 4.69) is 16.0 Å². The van der Waals surface area contributed by atoms with Crippen molar-refractivity contribution in [3.63, 3.8) is 0 Å². The fourth-order valence-electron chi connectivity index (χ4n) is 7.01. The van der Waals surface area contributed by atoms with Gasteiger partial charge in [-0.3, -0.25) is 19.2 Å². The maximum atomic E-state index is 13.9. The van der Waals surface area contributed by atoms with Gasteiger partial charge in [0.1, 0.15) is 6.04 Å². The summed E-state index contributed by atoms with van der Waals surface area (Å²) in [5.41, 5.74) is 2.61. The number of aryl methyl sites for hydroxylation is 1. The first kappa shape index (κ1) is 36.9. The Morgan fingerprint density at radius 3 is 2.35 bits per heavy atom. The number of fused-ring (bicyclic) bond motifs is 3. The van der Waals surface area contributed by atoms with Gasteiger partial charge in [0.25, 0.3) is 0 Å². The second-order valence-electron chi connectivity index (χ2n) is 12.6. The molecule has 2 atom stereocenters. The number of ether oxygens (including phenoxy) is 4. The topological polar surface area (TPSA) is 141 Å². The molecule has 2 aromatic rings. The zero-order chi connectivity index (χ0) is 34.8. The zero-order valence-electron chi connectivity index (χ0n) is 28.9. The highest BCUT2D eigenvalue weighted by molar-refractivity contribution is 7.98. The minimum atomic E-state index is -0.691. The summed E-state index contributed by atoms with van der Waals surface area (Å²) in [7, 11) is 6.05. The Labute approximate surface area is 287 Å². The first-order chi connectivity index (χ1) is 23.1. The average molecular weight is 684 g/mol. The lowest BCUT2D eigenvalue weighted by atomic mass is 9.71. The molecule has 0 bridgehead atoms. The van der Waals surface area contributed by atoms with Gasteiger partial charge in [0.2, 0.25) is 23.0 Å². The fourth-order valence-corrected chi connectivity index (χ4v) is 7.48. The predicted molar refractivity (Wildman–Crippen MR) is 188 cm³/mol. The van der Waals surface area contributed by atoms with Gasteiger partial charge in [0, 0.05) is 19.0 Å². The summed E-state index contributed by atoms with van der Waals surface area (Å²) in [6, 6.07) is 5.84. The number of anilines is 1. The SMILES string of the molecule is COC(=O)CC1(CNC(=O)[C@@H](CCSC)Nc2ccc3c(cc2=O)[C@H](NC(C)=O)CCc2cc(OC)c(OC)c(OC)c2-3)CCCCC1. The van der Waals surface area contributed by atoms with Gasteiger partial charge in [-0.2, -0.15) is 11.8 Å². The van der Waals surface area contributed by atoms with Gasteiger partial charge in [-0.05, 0) is 84.4 Å². The molecule has 0 radical (unpaired) electrons. The zero-order valence-corrected chi connectivity index (χ0v) is 29.7. The summed E-state index contributed by atoms with van der Waals surface area (Å²) in [4.78, 5) is 52.3. The molecule has 0 heterocycles. The number of hydrogen-bond acceptors (Lipinski definition) is 10. The van der Waals surface area contributed by atoms with Crippen LogP contribution in [0.3, 0.4) is 0 Å². The minimum absolute atomic E-state index is 0.215. The summed E-state index contributed by atoms with van der Waals surface area (Å²) in [5, 5.41) is 9.38. The minimum Gasteiger partial charge on any atom is -0.493 e. The first-order valence-corrected chi connectivity index (χ1v) is 17.9. The smallest absolute Gasteiger partial charge is 0.306 e. The van der Waals surface area contributed by atoms with Gasteiger partial charge in [-0.25, -0.2) is 0 Å². The van der Waals surface area contributed by atoms with E-state index in [4.69, 9.17) is 18.9 Å². The van der Waals surface area contributed by atoms with Crippen LogP contribution in [0.4, 0.5) is 5.69 Å². The van der Waals surface area contributed by atoms with Gasteiger partial charge in [0.05, 0.1) is 46.6 Å². The van der Waals surface area contributed by atoms with Crippen LogP contribution in [0.2, 0.25) is 0 Å². The Morgan fingerprint density at radius 2 is 1.73 bits per heavy atom. The molecular formula is C36H49N3O8S. The van der Waals surface area contributed by atoms with Crippen molar-refractivity contribution in [3.8, 4) is 28.4 Å². The van der Waals surface area contributed by atoms with E-state index < -0.39 is 12.1 Å². The van der Waals surface area contributed by atoms with Crippen LogP contribution in [-0.4, -0.2) is 70.8 Å². The Bertz CT molecular complexity index is 1540. The van der Waals surface area contributed by atoms with E-state index >= 15 is 0 Å². The van der Waals surface area contributed by atoms with Crippen molar-refractivity contribution in [1.29, 1.82) is 0 Å². The van der Waals surface area contributed by atoms with E-state index in [1.165, 1.54) is 14.0 Å². The first-order valence-electron chi connectivity index (χ1n) is 16.5. The van der Waals surface area contributed by atoms with Crippen LogP contribution in [-0.2, 0) is 25.5 Å². The predicted octanol–water partition coefficient (Wildman–Crippen LogP) is 5.03. The van der Waals surface area contributed by atoms with Crippen LogP contribution in [0.25, 0.3) is 11.1 Å². The summed E-state index contributed by atoms with van der Waals surface area (Å²) in [5.74, 6) is 1.38. The highest BCUT2D eigenvalue weighted by Crippen LogP contribution is 2.50. The number of benzene rings is 1. The molecule has 0 aromatic heterocycles. The molecule has 262 valence electrons. The van der Waals surface area contributed by atoms with Gasteiger partial charge >= 0.3 is 5.97 Å². The van der Waals surface area contributed by atoms with Gasteiger partial charge in [-0.1, -0.05) is 25.3 Å². The number of hydrogen-bond donors (Lipinski definition) is 3. The molecule has 2 aliphatic carbocycles. The number of rotatable bonds is 14. The summed E-state index contributed by atoms with van der Waals surface area (Å²) in [6.45, 7) is 1.82. The summed E-state index contributed by atoms with van der Waals surface area (Å²) >= 11 is 1.61.